The van der Waals surface area contributed by atoms with E-state index in [-0.39, 0.29) is 0 Å². The van der Waals surface area contributed by atoms with Gasteiger partial charge in [-0.15, -0.1) is 0 Å². The Kier molecular flexibility index (Phi) is 3.63. The summed E-state index contributed by atoms with van der Waals surface area (Å²) in [7, 11) is 0. The van der Waals surface area contributed by atoms with Gasteiger partial charge in [0, 0.05) is 18.3 Å². The fraction of sp³-hybridized carbons (Fsp3) is 0.267. The summed E-state index contributed by atoms with van der Waals surface area (Å²) in [6.45, 7) is 6.54. The van der Waals surface area contributed by atoms with Crippen LogP contribution in [0.2, 0.25) is 0 Å². The number of hydrogen-bond donors (Lipinski definition) is 1. The number of hydrogen-bond acceptors (Lipinski definition) is 3. The lowest BCUT2D eigenvalue weighted by molar-refractivity contribution is 0.454. The highest BCUT2D eigenvalue weighted by molar-refractivity contribution is 5.45. The number of nitrogens with two attached hydrogens (primary N) is 1. The van der Waals surface area contributed by atoms with Crippen molar-refractivity contribution >= 4 is 0 Å². The molecule has 0 saturated heterocycles. The van der Waals surface area contributed by atoms with E-state index < -0.39 is 0 Å². The van der Waals surface area contributed by atoms with Gasteiger partial charge in [0.2, 0.25) is 5.88 Å². The third-order valence-corrected chi connectivity index (χ3v) is 2.83. The first-order valence-electron chi connectivity index (χ1n) is 6.02. The predicted octanol–water partition coefficient (Wildman–Crippen LogP) is 3.26. The number of benzene rings is 1. The van der Waals surface area contributed by atoms with Crippen LogP contribution in [0.4, 0.5) is 0 Å². The molecule has 0 saturated carbocycles. The Balaban J connectivity index is 2.35. The number of aryl methyl sites for hydroxylation is 3. The van der Waals surface area contributed by atoms with E-state index >= 15 is 0 Å². The molecular formula is C15H18N2O. The van der Waals surface area contributed by atoms with Gasteiger partial charge in [0.05, 0.1) is 0 Å². The molecule has 0 bridgehead atoms. The minimum atomic E-state index is 0.546. The normalized spacial score (nSPS) is 10.4. The van der Waals surface area contributed by atoms with Gasteiger partial charge in [0.25, 0.3) is 0 Å². The zero-order valence-corrected chi connectivity index (χ0v) is 11.0. The first-order chi connectivity index (χ1) is 8.60. The summed E-state index contributed by atoms with van der Waals surface area (Å²) in [6, 6.07) is 9.86. The van der Waals surface area contributed by atoms with Gasteiger partial charge >= 0.3 is 0 Å². The van der Waals surface area contributed by atoms with E-state index in [1.165, 1.54) is 0 Å². The predicted molar refractivity (Wildman–Crippen MR) is 72.9 cm³/mol. The van der Waals surface area contributed by atoms with Crippen molar-refractivity contribution in [2.24, 2.45) is 5.73 Å². The second-order valence-corrected chi connectivity index (χ2v) is 4.48. The molecule has 2 N–H and O–H groups in total. The smallest absolute Gasteiger partial charge is 0.219 e. The van der Waals surface area contributed by atoms with E-state index in [0.717, 1.165) is 28.1 Å². The summed E-state index contributed by atoms with van der Waals surface area (Å²) in [5, 5.41) is 0. The highest BCUT2D eigenvalue weighted by Gasteiger charge is 2.08. The van der Waals surface area contributed by atoms with Gasteiger partial charge in [0.15, 0.2) is 0 Å². The van der Waals surface area contributed by atoms with Crippen LogP contribution in [0.25, 0.3) is 0 Å². The highest BCUT2D eigenvalue weighted by Crippen LogP contribution is 2.28. The Morgan fingerprint density at radius 2 is 1.78 bits per heavy atom. The van der Waals surface area contributed by atoms with Crippen molar-refractivity contribution in [3.63, 3.8) is 0 Å². The molecule has 3 heteroatoms. The summed E-state index contributed by atoms with van der Waals surface area (Å²) in [5.74, 6) is 1.49. The van der Waals surface area contributed by atoms with Gasteiger partial charge in [-0.3, -0.25) is 0 Å². The van der Waals surface area contributed by atoms with Gasteiger partial charge in [0.1, 0.15) is 5.75 Å². The maximum atomic E-state index is 5.87. The van der Waals surface area contributed by atoms with Crippen molar-refractivity contribution in [3.05, 3.63) is 52.7 Å². The second-order valence-electron chi connectivity index (χ2n) is 4.48. The molecule has 0 amide bonds. The van der Waals surface area contributed by atoms with Crippen LogP contribution in [0.5, 0.6) is 11.6 Å². The van der Waals surface area contributed by atoms with E-state index in [4.69, 9.17) is 10.5 Å². The molecule has 0 unspecified atom stereocenters. The largest absolute Gasteiger partial charge is 0.438 e. The molecule has 0 fully saturated rings. The van der Waals surface area contributed by atoms with Gasteiger partial charge in [-0.05, 0) is 43.5 Å². The van der Waals surface area contributed by atoms with Crippen molar-refractivity contribution in [2.75, 3.05) is 0 Å². The molecule has 94 valence electrons. The fourth-order valence-electron chi connectivity index (χ4n) is 2.00. The van der Waals surface area contributed by atoms with E-state index in [9.17, 15) is 0 Å². The first kappa shape index (κ1) is 12.6. The SMILES string of the molecule is Cc1cccc(Oc2c(C)cc(CN)cc2C)n1. The highest BCUT2D eigenvalue weighted by atomic mass is 16.5. The number of nitrogens with zero attached hydrogens (tertiary/aromatic N) is 1. The van der Waals surface area contributed by atoms with Gasteiger partial charge in [-0.25, -0.2) is 4.98 Å². The molecule has 0 spiro atoms. The molecule has 2 aromatic rings. The Bertz CT molecular complexity index is 541. The Morgan fingerprint density at radius 1 is 1.11 bits per heavy atom. The van der Waals surface area contributed by atoms with Crippen LogP contribution in [-0.2, 0) is 6.54 Å². The molecule has 0 aliphatic heterocycles. The average Bonchev–Trinajstić information content (AvgIpc) is 2.33. The third-order valence-electron chi connectivity index (χ3n) is 2.83. The molecule has 1 aromatic heterocycles. The minimum Gasteiger partial charge on any atom is -0.438 e. The lowest BCUT2D eigenvalue weighted by atomic mass is 10.1. The lowest BCUT2D eigenvalue weighted by Crippen LogP contribution is -2.00. The van der Waals surface area contributed by atoms with Crippen LogP contribution in [0.15, 0.2) is 30.3 Å². The number of pyridine rings is 1. The standard InChI is InChI=1S/C15H18N2O/c1-10-7-13(9-16)8-11(2)15(10)18-14-6-4-5-12(3)17-14/h4-8H,9,16H2,1-3H3. The molecule has 0 aliphatic carbocycles. The summed E-state index contributed by atoms with van der Waals surface area (Å²) < 4.78 is 5.87. The third kappa shape index (κ3) is 2.68. The van der Waals surface area contributed by atoms with Crippen LogP contribution >= 0.6 is 0 Å². The van der Waals surface area contributed by atoms with Crippen molar-refractivity contribution in [1.82, 2.24) is 4.98 Å². The number of ether oxygens (including phenoxy) is 1. The van der Waals surface area contributed by atoms with Crippen LogP contribution in [0.3, 0.4) is 0 Å². The van der Waals surface area contributed by atoms with E-state index in [1.54, 1.807) is 0 Å². The maximum Gasteiger partial charge on any atom is 0.219 e. The molecule has 0 atom stereocenters. The number of aromatic nitrogens is 1. The first-order valence-corrected chi connectivity index (χ1v) is 6.02. The van der Waals surface area contributed by atoms with E-state index in [1.807, 2.05) is 39.0 Å². The molecule has 0 radical (unpaired) electrons. The van der Waals surface area contributed by atoms with Crippen molar-refractivity contribution in [2.45, 2.75) is 27.3 Å². The molecular weight excluding hydrogens is 224 g/mol. The Labute approximate surface area is 108 Å². The van der Waals surface area contributed by atoms with Gasteiger partial charge in [-0.1, -0.05) is 18.2 Å². The Morgan fingerprint density at radius 3 is 2.33 bits per heavy atom. The van der Waals surface area contributed by atoms with Crippen molar-refractivity contribution in [1.29, 1.82) is 0 Å². The fourth-order valence-corrected chi connectivity index (χ4v) is 2.00. The van der Waals surface area contributed by atoms with Gasteiger partial charge in [-0.2, -0.15) is 0 Å². The molecule has 1 aromatic carbocycles. The minimum absolute atomic E-state index is 0.546. The second kappa shape index (κ2) is 5.19. The molecule has 1 heterocycles. The summed E-state index contributed by atoms with van der Waals surface area (Å²) in [4.78, 5) is 4.35. The number of rotatable bonds is 3. The zero-order chi connectivity index (χ0) is 13.1. The van der Waals surface area contributed by atoms with Gasteiger partial charge < -0.3 is 10.5 Å². The van der Waals surface area contributed by atoms with Crippen LogP contribution in [0.1, 0.15) is 22.4 Å². The molecule has 0 aliphatic rings. The van der Waals surface area contributed by atoms with Crippen LogP contribution in [0, 0.1) is 20.8 Å². The van der Waals surface area contributed by atoms with Crippen molar-refractivity contribution < 1.29 is 4.74 Å². The quantitative estimate of drug-likeness (QED) is 0.898. The van der Waals surface area contributed by atoms with Crippen LogP contribution < -0.4 is 10.5 Å². The zero-order valence-electron chi connectivity index (χ0n) is 11.0. The monoisotopic (exact) mass is 242 g/mol. The molecule has 18 heavy (non-hydrogen) atoms. The molecule has 3 nitrogen and oxygen atoms in total. The maximum absolute atomic E-state index is 5.87. The summed E-state index contributed by atoms with van der Waals surface area (Å²) >= 11 is 0. The van der Waals surface area contributed by atoms with E-state index in [2.05, 4.69) is 17.1 Å². The Hall–Kier alpha value is -1.87. The summed E-state index contributed by atoms with van der Waals surface area (Å²) in [6.07, 6.45) is 0. The molecule has 2 rings (SSSR count). The summed E-state index contributed by atoms with van der Waals surface area (Å²) in [5.41, 5.74) is 9.89. The van der Waals surface area contributed by atoms with Crippen molar-refractivity contribution in [3.8, 4) is 11.6 Å². The average molecular weight is 242 g/mol. The topological polar surface area (TPSA) is 48.1 Å². The lowest BCUT2D eigenvalue weighted by Gasteiger charge is -2.12. The van der Waals surface area contributed by atoms with Crippen LogP contribution in [-0.4, -0.2) is 4.98 Å². The van der Waals surface area contributed by atoms with E-state index in [0.29, 0.717) is 12.4 Å².